The van der Waals surface area contributed by atoms with Gasteiger partial charge in [0.1, 0.15) is 23.0 Å². The summed E-state index contributed by atoms with van der Waals surface area (Å²) in [6.07, 6.45) is -0.941. The molecule has 0 unspecified atom stereocenters. The van der Waals surface area contributed by atoms with Crippen molar-refractivity contribution in [1.29, 1.82) is 0 Å². The molecule has 0 amide bonds. The van der Waals surface area contributed by atoms with Gasteiger partial charge in [0.05, 0.1) is 18.3 Å². The smallest absolute Gasteiger partial charge is 0.132 e. The first-order chi connectivity index (χ1) is 9.56. The Morgan fingerprint density at radius 3 is 2.35 bits per heavy atom. The summed E-state index contributed by atoms with van der Waals surface area (Å²) in [7, 11) is 0. The third-order valence-corrected chi connectivity index (χ3v) is 3.52. The van der Waals surface area contributed by atoms with Crippen LogP contribution in [-0.4, -0.2) is 27.0 Å². The van der Waals surface area contributed by atoms with E-state index in [0.717, 1.165) is 5.56 Å². The van der Waals surface area contributed by atoms with Gasteiger partial charge in [0.15, 0.2) is 0 Å². The molecule has 20 heavy (non-hydrogen) atoms. The molecule has 3 rings (SSSR count). The fourth-order valence-corrected chi connectivity index (χ4v) is 2.49. The van der Waals surface area contributed by atoms with Crippen LogP contribution in [0.1, 0.15) is 23.1 Å². The van der Waals surface area contributed by atoms with Crippen LogP contribution in [0.2, 0.25) is 0 Å². The van der Waals surface area contributed by atoms with Gasteiger partial charge in [-0.1, -0.05) is 12.1 Å². The summed E-state index contributed by atoms with van der Waals surface area (Å²) in [6, 6.07) is 9.02. The summed E-state index contributed by atoms with van der Waals surface area (Å²) < 4.78 is 5.51. The van der Waals surface area contributed by atoms with Crippen LogP contribution >= 0.6 is 0 Å². The van der Waals surface area contributed by atoms with E-state index in [2.05, 4.69) is 0 Å². The van der Waals surface area contributed by atoms with Crippen LogP contribution in [0.25, 0.3) is 0 Å². The highest BCUT2D eigenvalue weighted by atomic mass is 16.5. The number of benzene rings is 2. The zero-order valence-electron chi connectivity index (χ0n) is 10.5. The molecular weight excluding hydrogens is 260 g/mol. The second kappa shape index (κ2) is 4.61. The quantitative estimate of drug-likeness (QED) is 0.638. The van der Waals surface area contributed by atoms with E-state index in [0.29, 0.717) is 0 Å². The lowest BCUT2D eigenvalue weighted by Gasteiger charge is -2.31. The molecule has 0 aromatic heterocycles. The molecule has 1 aliphatic heterocycles. The number of phenolic OH excluding ortho intramolecular Hbond substituents is 3. The van der Waals surface area contributed by atoms with Crippen molar-refractivity contribution in [3.63, 3.8) is 0 Å². The van der Waals surface area contributed by atoms with Crippen LogP contribution < -0.4 is 4.74 Å². The summed E-state index contributed by atoms with van der Waals surface area (Å²) in [5, 5.41) is 39.0. The fourth-order valence-electron chi connectivity index (χ4n) is 2.49. The van der Waals surface area contributed by atoms with Gasteiger partial charge in [0.2, 0.25) is 0 Å². The first-order valence-electron chi connectivity index (χ1n) is 6.22. The number of ether oxygens (including phenoxy) is 1. The first-order valence-corrected chi connectivity index (χ1v) is 6.22. The molecule has 2 aromatic rings. The van der Waals surface area contributed by atoms with Gasteiger partial charge in [0, 0.05) is 18.1 Å². The summed E-state index contributed by atoms with van der Waals surface area (Å²) in [5.41, 5.74) is 1.07. The van der Waals surface area contributed by atoms with Gasteiger partial charge in [-0.2, -0.15) is 0 Å². The normalized spacial score (nSPS) is 21.1. The minimum Gasteiger partial charge on any atom is -0.508 e. The van der Waals surface area contributed by atoms with E-state index >= 15 is 0 Å². The number of phenols is 3. The summed E-state index contributed by atoms with van der Waals surface area (Å²) in [6.45, 7) is 0.224. The van der Waals surface area contributed by atoms with Crippen molar-refractivity contribution in [2.45, 2.75) is 12.0 Å². The topological polar surface area (TPSA) is 90.2 Å². The third kappa shape index (κ3) is 2.02. The Bertz CT molecular complexity index is 635. The van der Waals surface area contributed by atoms with Gasteiger partial charge in [-0.25, -0.2) is 0 Å². The average molecular weight is 274 g/mol. The lowest BCUT2D eigenvalue weighted by Crippen LogP contribution is -2.24. The number of aliphatic hydroxyl groups is 1. The Labute approximate surface area is 115 Å². The van der Waals surface area contributed by atoms with E-state index in [1.165, 1.54) is 24.3 Å². The highest BCUT2D eigenvalue weighted by molar-refractivity contribution is 5.53. The minimum absolute atomic E-state index is 0.114. The standard InChI is InChI=1S/C15H14O5/c16-9-3-1-8(2-4-9)11-7-20-13-6-10(17)5-12(18)14(13)15(11)19/h1-6,11,15-19H,7H2/t11-,15+/m0/s1. The van der Waals surface area contributed by atoms with Crippen LogP contribution in [-0.2, 0) is 0 Å². The number of fused-ring (bicyclic) bond motifs is 1. The molecule has 1 aliphatic rings. The monoisotopic (exact) mass is 274 g/mol. The highest BCUT2D eigenvalue weighted by Crippen LogP contribution is 2.46. The summed E-state index contributed by atoms with van der Waals surface area (Å²) in [4.78, 5) is 0. The van der Waals surface area contributed by atoms with Crippen molar-refractivity contribution >= 4 is 0 Å². The van der Waals surface area contributed by atoms with Crippen molar-refractivity contribution in [2.75, 3.05) is 6.61 Å². The number of hydrogen-bond donors (Lipinski definition) is 4. The van der Waals surface area contributed by atoms with E-state index in [4.69, 9.17) is 4.74 Å². The van der Waals surface area contributed by atoms with Crippen molar-refractivity contribution in [3.05, 3.63) is 47.5 Å². The second-order valence-corrected chi connectivity index (χ2v) is 4.83. The van der Waals surface area contributed by atoms with Crippen molar-refractivity contribution in [2.24, 2.45) is 0 Å². The Morgan fingerprint density at radius 1 is 0.950 bits per heavy atom. The molecule has 4 N–H and O–H groups in total. The Balaban J connectivity index is 2.00. The van der Waals surface area contributed by atoms with Crippen molar-refractivity contribution in [3.8, 4) is 23.0 Å². The van der Waals surface area contributed by atoms with Gasteiger partial charge >= 0.3 is 0 Å². The third-order valence-electron chi connectivity index (χ3n) is 3.52. The van der Waals surface area contributed by atoms with E-state index in [-0.39, 0.29) is 41.1 Å². The van der Waals surface area contributed by atoms with Gasteiger partial charge in [-0.15, -0.1) is 0 Å². The molecular formula is C15H14O5. The summed E-state index contributed by atoms with van der Waals surface area (Å²) in [5.74, 6) is -0.232. The van der Waals surface area contributed by atoms with E-state index in [9.17, 15) is 20.4 Å². The van der Waals surface area contributed by atoms with Gasteiger partial charge in [-0.3, -0.25) is 0 Å². The van der Waals surface area contributed by atoms with E-state index in [1.807, 2.05) is 0 Å². The van der Waals surface area contributed by atoms with Gasteiger partial charge in [0.25, 0.3) is 0 Å². The Kier molecular flexibility index (Phi) is 2.91. The minimum atomic E-state index is -0.941. The maximum absolute atomic E-state index is 10.4. The van der Waals surface area contributed by atoms with E-state index in [1.54, 1.807) is 12.1 Å². The van der Waals surface area contributed by atoms with Crippen LogP contribution in [0.4, 0.5) is 0 Å². The molecule has 104 valence electrons. The predicted octanol–water partition coefficient (Wildman–Crippen LogP) is 2.01. The fraction of sp³-hybridized carbons (Fsp3) is 0.200. The average Bonchev–Trinajstić information content (AvgIpc) is 2.39. The van der Waals surface area contributed by atoms with Gasteiger partial charge in [-0.05, 0) is 17.7 Å². The highest BCUT2D eigenvalue weighted by Gasteiger charge is 2.33. The molecule has 0 bridgehead atoms. The van der Waals surface area contributed by atoms with Crippen LogP contribution in [0.15, 0.2) is 36.4 Å². The molecule has 0 aliphatic carbocycles. The number of rotatable bonds is 1. The van der Waals surface area contributed by atoms with E-state index < -0.39 is 6.10 Å². The first kappa shape index (κ1) is 12.6. The van der Waals surface area contributed by atoms with Gasteiger partial charge < -0.3 is 25.2 Å². The molecule has 5 heteroatoms. The number of aliphatic hydroxyl groups excluding tert-OH is 1. The van der Waals surface area contributed by atoms with Crippen molar-refractivity contribution in [1.82, 2.24) is 0 Å². The molecule has 2 atom stereocenters. The Morgan fingerprint density at radius 2 is 1.65 bits per heavy atom. The van der Waals surface area contributed by atoms with Crippen molar-refractivity contribution < 1.29 is 25.2 Å². The zero-order valence-corrected chi connectivity index (χ0v) is 10.5. The predicted molar refractivity (Wildman–Crippen MR) is 71.1 cm³/mol. The molecule has 2 aromatic carbocycles. The van der Waals surface area contributed by atoms with Crippen LogP contribution in [0, 0.1) is 0 Å². The molecule has 0 saturated heterocycles. The SMILES string of the molecule is Oc1ccc([C@@H]2COc3cc(O)cc(O)c3[C@@H]2O)cc1. The second-order valence-electron chi connectivity index (χ2n) is 4.83. The zero-order chi connectivity index (χ0) is 14.3. The number of aromatic hydroxyl groups is 3. The lowest BCUT2D eigenvalue weighted by atomic mass is 9.87. The maximum atomic E-state index is 10.4. The summed E-state index contributed by atoms with van der Waals surface area (Å²) >= 11 is 0. The van der Waals surface area contributed by atoms with Crippen LogP contribution in [0.5, 0.6) is 23.0 Å². The molecule has 0 saturated carbocycles. The number of hydrogen-bond acceptors (Lipinski definition) is 5. The maximum Gasteiger partial charge on any atom is 0.132 e. The largest absolute Gasteiger partial charge is 0.508 e. The Hall–Kier alpha value is -2.40. The molecule has 0 fully saturated rings. The lowest BCUT2D eigenvalue weighted by molar-refractivity contribution is 0.0858. The molecule has 5 nitrogen and oxygen atoms in total. The molecule has 0 radical (unpaired) electrons. The molecule has 0 spiro atoms. The molecule has 1 heterocycles. The van der Waals surface area contributed by atoms with Crippen LogP contribution in [0.3, 0.4) is 0 Å².